The molecule has 0 amide bonds. The highest BCUT2D eigenvalue weighted by Gasteiger charge is 2.35. The zero-order valence-electron chi connectivity index (χ0n) is 19.4. The molecule has 0 saturated carbocycles. The summed E-state index contributed by atoms with van der Waals surface area (Å²) in [6, 6.07) is 11.2. The molecule has 1 aliphatic rings. The molecule has 1 aliphatic heterocycles. The van der Waals surface area contributed by atoms with Gasteiger partial charge in [0.2, 0.25) is 10.0 Å². The van der Waals surface area contributed by atoms with Crippen LogP contribution in [0.25, 0.3) is 0 Å². The molecule has 1 aromatic carbocycles. The van der Waals surface area contributed by atoms with Crippen molar-refractivity contribution in [3.8, 4) is 6.07 Å². The molecule has 178 valence electrons. The van der Waals surface area contributed by atoms with Crippen LogP contribution in [0.5, 0.6) is 0 Å². The molecule has 3 heterocycles. The smallest absolute Gasteiger partial charge is 0.215 e. The number of benzene rings is 1. The van der Waals surface area contributed by atoms with Crippen LogP contribution in [0.3, 0.4) is 0 Å². The molecule has 0 saturated heterocycles. The Morgan fingerprint density at radius 1 is 1.29 bits per heavy atom. The fraction of sp³-hybridized carbons (Fsp3) is 0.375. The van der Waals surface area contributed by atoms with Crippen molar-refractivity contribution in [1.29, 1.82) is 5.26 Å². The topological polar surface area (TPSA) is 109 Å². The first-order chi connectivity index (χ1) is 16.4. The van der Waals surface area contributed by atoms with Gasteiger partial charge < -0.3 is 14.8 Å². The van der Waals surface area contributed by atoms with Crippen LogP contribution < -0.4 is 4.90 Å². The number of anilines is 1. The van der Waals surface area contributed by atoms with Gasteiger partial charge in [-0.3, -0.25) is 4.98 Å². The van der Waals surface area contributed by atoms with Crippen molar-refractivity contribution in [2.45, 2.75) is 25.6 Å². The summed E-state index contributed by atoms with van der Waals surface area (Å²) in [7, 11) is 0.154. The third-order valence-corrected chi connectivity index (χ3v) is 7.81. The lowest BCUT2D eigenvalue weighted by Gasteiger charge is -2.32. The van der Waals surface area contributed by atoms with Gasteiger partial charge in [-0.05, 0) is 55.9 Å². The second kappa shape index (κ2) is 10.3. The number of hydrogen-bond donors (Lipinski definition) is 1. The molecule has 10 heteroatoms. The van der Waals surface area contributed by atoms with Crippen molar-refractivity contribution < 1.29 is 8.42 Å². The molecule has 1 atom stereocenters. The summed E-state index contributed by atoms with van der Waals surface area (Å²) in [5, 5.41) is 9.48. The first-order valence-electron chi connectivity index (χ1n) is 11.1. The van der Waals surface area contributed by atoms with Gasteiger partial charge in [-0.25, -0.2) is 13.4 Å². The number of aromatic nitrogens is 3. The Kier molecular flexibility index (Phi) is 7.26. The van der Waals surface area contributed by atoms with E-state index in [4.69, 9.17) is 0 Å². The van der Waals surface area contributed by atoms with Gasteiger partial charge in [0, 0.05) is 50.0 Å². The van der Waals surface area contributed by atoms with Gasteiger partial charge >= 0.3 is 0 Å². The summed E-state index contributed by atoms with van der Waals surface area (Å²) < 4.78 is 28.8. The van der Waals surface area contributed by atoms with Crippen molar-refractivity contribution in [1.82, 2.24) is 24.2 Å². The Morgan fingerprint density at radius 2 is 2.15 bits per heavy atom. The third-order valence-electron chi connectivity index (χ3n) is 5.97. The van der Waals surface area contributed by atoms with E-state index in [-0.39, 0.29) is 18.3 Å². The van der Waals surface area contributed by atoms with Crippen LogP contribution in [0, 0.1) is 11.3 Å². The van der Waals surface area contributed by atoms with E-state index in [1.807, 2.05) is 43.4 Å². The third kappa shape index (κ3) is 5.62. The molecule has 3 aromatic rings. The average Bonchev–Trinajstić information content (AvgIpc) is 3.28. The summed E-state index contributed by atoms with van der Waals surface area (Å²) in [6.07, 6.45) is 7.51. The fourth-order valence-corrected chi connectivity index (χ4v) is 6.01. The Bertz CT molecular complexity index is 1240. The highest BCUT2D eigenvalue weighted by atomic mass is 32.2. The lowest BCUT2D eigenvalue weighted by Crippen LogP contribution is -2.47. The molecule has 0 radical (unpaired) electrons. The van der Waals surface area contributed by atoms with Crippen LogP contribution in [0.4, 0.5) is 5.69 Å². The standard InChI is InChI=1S/C24H29N7O2S/c1-29(2)8-9-34(32,33)31-15-21-10-19(12-25)5-6-24(21)30(16-22-14-27-18-28-22)17-23(31)11-20-4-3-7-26-13-20/h3-7,10,13-14,18,23H,8-9,11,15-17H2,1-2H3,(H,27,28)/t23-/m1/s1. The van der Waals surface area contributed by atoms with E-state index in [9.17, 15) is 13.7 Å². The maximum atomic E-state index is 13.6. The van der Waals surface area contributed by atoms with E-state index < -0.39 is 10.0 Å². The van der Waals surface area contributed by atoms with Crippen molar-refractivity contribution >= 4 is 15.7 Å². The number of aromatic amines is 1. The number of pyridine rings is 1. The SMILES string of the molecule is CN(C)CCS(=O)(=O)N1Cc2cc(C#N)ccc2N(Cc2c[nH]cn2)C[C@H]1Cc1cccnc1. The normalized spacial score (nSPS) is 16.8. The van der Waals surface area contributed by atoms with Gasteiger partial charge in [-0.1, -0.05) is 6.07 Å². The molecule has 9 nitrogen and oxygen atoms in total. The molecule has 34 heavy (non-hydrogen) atoms. The number of rotatable bonds is 8. The van der Waals surface area contributed by atoms with E-state index in [1.54, 1.807) is 35.2 Å². The first kappa shape index (κ1) is 23.9. The molecule has 0 spiro atoms. The summed E-state index contributed by atoms with van der Waals surface area (Å²) >= 11 is 0. The second-order valence-corrected chi connectivity index (χ2v) is 10.8. The number of imidazole rings is 1. The predicted molar refractivity (Wildman–Crippen MR) is 130 cm³/mol. The minimum atomic E-state index is -3.58. The summed E-state index contributed by atoms with van der Waals surface area (Å²) in [5.74, 6) is 0.0240. The van der Waals surface area contributed by atoms with Crippen LogP contribution in [0.1, 0.15) is 22.4 Å². The van der Waals surface area contributed by atoms with E-state index in [0.29, 0.717) is 31.6 Å². The number of H-pyrrole nitrogens is 1. The maximum absolute atomic E-state index is 13.6. The van der Waals surface area contributed by atoms with Crippen LogP contribution in [-0.2, 0) is 29.5 Å². The van der Waals surface area contributed by atoms with Crippen molar-refractivity contribution in [2.24, 2.45) is 0 Å². The predicted octanol–water partition coefficient (Wildman–Crippen LogP) is 2.00. The van der Waals surface area contributed by atoms with E-state index in [2.05, 4.69) is 25.9 Å². The number of fused-ring (bicyclic) bond motifs is 1. The molecule has 2 aromatic heterocycles. The minimum absolute atomic E-state index is 0.0240. The van der Waals surface area contributed by atoms with Gasteiger partial charge in [0.1, 0.15) is 0 Å². The van der Waals surface area contributed by atoms with Gasteiger partial charge in [0.05, 0.1) is 36.0 Å². The average molecular weight is 480 g/mol. The van der Waals surface area contributed by atoms with Crippen LogP contribution >= 0.6 is 0 Å². The van der Waals surface area contributed by atoms with Gasteiger partial charge in [-0.2, -0.15) is 9.57 Å². The van der Waals surface area contributed by atoms with Crippen LogP contribution in [0.15, 0.2) is 55.2 Å². The second-order valence-electron chi connectivity index (χ2n) is 8.78. The lowest BCUT2D eigenvalue weighted by molar-refractivity contribution is 0.314. The van der Waals surface area contributed by atoms with E-state index in [1.165, 1.54) is 0 Å². The van der Waals surface area contributed by atoms with Gasteiger partial charge in [0.15, 0.2) is 0 Å². The number of nitriles is 1. The lowest BCUT2D eigenvalue weighted by atomic mass is 10.1. The summed E-state index contributed by atoms with van der Waals surface area (Å²) in [4.78, 5) is 15.6. The maximum Gasteiger partial charge on any atom is 0.215 e. The molecule has 1 N–H and O–H groups in total. The van der Waals surface area contributed by atoms with Gasteiger partial charge in [-0.15, -0.1) is 0 Å². The van der Waals surface area contributed by atoms with Crippen LogP contribution in [0.2, 0.25) is 0 Å². The Hall–Kier alpha value is -3.26. The highest BCUT2D eigenvalue weighted by Crippen LogP contribution is 2.32. The molecule has 4 rings (SSSR count). The van der Waals surface area contributed by atoms with Crippen molar-refractivity contribution in [3.63, 3.8) is 0 Å². The zero-order chi connectivity index (χ0) is 24.1. The zero-order valence-corrected chi connectivity index (χ0v) is 20.2. The quantitative estimate of drug-likeness (QED) is 0.526. The van der Waals surface area contributed by atoms with Gasteiger partial charge in [0.25, 0.3) is 0 Å². The molecular formula is C24H29N7O2S. The molecule has 0 bridgehead atoms. The largest absolute Gasteiger partial charge is 0.364 e. The van der Waals surface area contributed by atoms with Crippen LogP contribution in [-0.4, -0.2) is 71.6 Å². The highest BCUT2D eigenvalue weighted by molar-refractivity contribution is 7.89. The fourth-order valence-electron chi connectivity index (χ4n) is 4.25. The Morgan fingerprint density at radius 3 is 2.82 bits per heavy atom. The molecular weight excluding hydrogens is 450 g/mol. The number of nitrogens with zero attached hydrogens (tertiary/aromatic N) is 6. The van der Waals surface area contributed by atoms with E-state index >= 15 is 0 Å². The summed E-state index contributed by atoms with van der Waals surface area (Å²) in [6.45, 7) is 1.66. The first-order valence-corrected chi connectivity index (χ1v) is 12.8. The van der Waals surface area contributed by atoms with Crippen molar-refractivity contribution in [2.75, 3.05) is 37.8 Å². The Labute approximate surface area is 200 Å². The number of nitrogens with one attached hydrogen (secondary N) is 1. The number of sulfonamides is 1. The van der Waals surface area contributed by atoms with E-state index in [0.717, 1.165) is 22.5 Å². The monoisotopic (exact) mass is 479 g/mol. The van der Waals surface area contributed by atoms with Crippen molar-refractivity contribution in [3.05, 3.63) is 77.6 Å². The minimum Gasteiger partial charge on any atom is -0.364 e. The molecule has 0 unspecified atom stereocenters. The Balaban J connectivity index is 1.77. The number of hydrogen-bond acceptors (Lipinski definition) is 7. The molecule has 0 aliphatic carbocycles. The summed E-state index contributed by atoms with van der Waals surface area (Å²) in [5.41, 5.74) is 4.08. The molecule has 0 fully saturated rings.